The molecule has 0 heterocycles. The highest BCUT2D eigenvalue weighted by molar-refractivity contribution is 5.39. The number of anilines is 1. The van der Waals surface area contributed by atoms with Crippen LogP contribution < -0.4 is 5.73 Å². The molecule has 1 saturated carbocycles. The third-order valence-electron chi connectivity index (χ3n) is 4.94. The summed E-state index contributed by atoms with van der Waals surface area (Å²) in [7, 11) is 0. The highest BCUT2D eigenvalue weighted by Crippen LogP contribution is 2.37. The van der Waals surface area contributed by atoms with Gasteiger partial charge in [-0.25, -0.2) is 0 Å². The Balaban J connectivity index is 1.71. The lowest BCUT2D eigenvalue weighted by atomic mass is 9.71. The molecule has 2 N–H and O–H groups in total. The molecule has 2 aromatic carbocycles. The number of rotatable bonds is 6. The van der Waals surface area contributed by atoms with E-state index in [1.54, 1.807) is 12.1 Å². The van der Waals surface area contributed by atoms with E-state index in [1.165, 1.54) is 30.4 Å². The Hall–Kier alpha value is -2.36. The molecule has 1 aliphatic carbocycles. The van der Waals surface area contributed by atoms with Crippen molar-refractivity contribution in [2.75, 3.05) is 5.73 Å². The topological polar surface area (TPSA) is 69.2 Å². The maximum Gasteiger partial charge on any atom is 0.269 e. The molecule has 0 aliphatic heterocycles. The molecule has 1 unspecified atom stereocenters. The number of hydrogen-bond donors (Lipinski definition) is 1. The number of benzene rings is 2. The van der Waals surface area contributed by atoms with Gasteiger partial charge >= 0.3 is 0 Å². The molecule has 0 saturated heterocycles. The van der Waals surface area contributed by atoms with Crippen molar-refractivity contribution in [3.8, 4) is 0 Å². The Morgan fingerprint density at radius 3 is 1.96 bits per heavy atom. The van der Waals surface area contributed by atoms with Crippen molar-refractivity contribution in [3.63, 3.8) is 0 Å². The molecule has 4 heteroatoms. The summed E-state index contributed by atoms with van der Waals surface area (Å²) in [6.45, 7) is 0. The SMILES string of the molecule is Nc1ccc(CC(Cc2ccc([N+](=O)[O-])cc2)C2CCC2)cc1. The molecule has 0 amide bonds. The van der Waals surface area contributed by atoms with Crippen LogP contribution in [0.25, 0.3) is 0 Å². The van der Waals surface area contributed by atoms with Crippen LogP contribution in [0.1, 0.15) is 30.4 Å². The molecular weight excluding hydrogens is 288 g/mol. The van der Waals surface area contributed by atoms with Crippen LogP contribution in [0, 0.1) is 22.0 Å². The smallest absolute Gasteiger partial charge is 0.269 e. The van der Waals surface area contributed by atoms with Crippen molar-refractivity contribution in [2.45, 2.75) is 32.1 Å². The fourth-order valence-electron chi connectivity index (χ4n) is 3.33. The minimum absolute atomic E-state index is 0.160. The largest absolute Gasteiger partial charge is 0.399 e. The Kier molecular flexibility index (Phi) is 4.60. The fourth-order valence-corrected chi connectivity index (χ4v) is 3.33. The van der Waals surface area contributed by atoms with E-state index >= 15 is 0 Å². The molecule has 0 aromatic heterocycles. The lowest BCUT2D eigenvalue weighted by Gasteiger charge is -2.34. The second-order valence-electron chi connectivity index (χ2n) is 6.52. The zero-order valence-electron chi connectivity index (χ0n) is 13.2. The first-order chi connectivity index (χ1) is 11.1. The highest BCUT2D eigenvalue weighted by Gasteiger charge is 2.27. The highest BCUT2D eigenvalue weighted by atomic mass is 16.6. The number of nitro benzene ring substituents is 1. The van der Waals surface area contributed by atoms with Gasteiger partial charge in [0, 0.05) is 17.8 Å². The Labute approximate surface area is 136 Å². The van der Waals surface area contributed by atoms with Gasteiger partial charge in [0.15, 0.2) is 0 Å². The first-order valence-electron chi connectivity index (χ1n) is 8.19. The van der Waals surface area contributed by atoms with E-state index in [9.17, 15) is 10.1 Å². The van der Waals surface area contributed by atoms with Gasteiger partial charge in [-0.15, -0.1) is 0 Å². The standard InChI is InChI=1S/C19H22N2O2/c20-18-8-4-14(5-9-18)12-17(16-2-1-3-16)13-15-6-10-19(11-7-15)21(22)23/h4-11,16-17H,1-3,12-13,20H2. The Bertz CT molecular complexity index is 661. The molecular formula is C19H22N2O2. The summed E-state index contributed by atoms with van der Waals surface area (Å²) in [5, 5.41) is 10.8. The molecule has 1 aliphatic rings. The van der Waals surface area contributed by atoms with E-state index in [0.29, 0.717) is 5.92 Å². The maximum absolute atomic E-state index is 10.8. The van der Waals surface area contributed by atoms with Crippen LogP contribution in [0.5, 0.6) is 0 Å². The monoisotopic (exact) mass is 310 g/mol. The number of nitrogens with two attached hydrogens (primary N) is 1. The molecule has 2 aromatic rings. The summed E-state index contributed by atoms with van der Waals surface area (Å²) >= 11 is 0. The Morgan fingerprint density at radius 2 is 1.52 bits per heavy atom. The quantitative estimate of drug-likeness (QED) is 0.489. The summed E-state index contributed by atoms with van der Waals surface area (Å²) in [4.78, 5) is 10.4. The zero-order valence-corrected chi connectivity index (χ0v) is 13.2. The van der Waals surface area contributed by atoms with E-state index in [0.717, 1.165) is 24.4 Å². The van der Waals surface area contributed by atoms with Crippen LogP contribution in [0.2, 0.25) is 0 Å². The zero-order chi connectivity index (χ0) is 16.2. The molecule has 0 bridgehead atoms. The van der Waals surface area contributed by atoms with Crippen LogP contribution in [0.3, 0.4) is 0 Å². The van der Waals surface area contributed by atoms with Gasteiger partial charge in [0.2, 0.25) is 0 Å². The average molecular weight is 310 g/mol. The third-order valence-corrected chi connectivity index (χ3v) is 4.94. The van der Waals surface area contributed by atoms with Crippen LogP contribution in [0.15, 0.2) is 48.5 Å². The van der Waals surface area contributed by atoms with Crippen LogP contribution in [-0.4, -0.2) is 4.92 Å². The summed E-state index contributed by atoms with van der Waals surface area (Å²) in [5.74, 6) is 1.36. The minimum atomic E-state index is -0.346. The van der Waals surface area contributed by atoms with Crippen LogP contribution in [-0.2, 0) is 12.8 Å². The van der Waals surface area contributed by atoms with E-state index in [1.807, 2.05) is 24.3 Å². The lowest BCUT2D eigenvalue weighted by molar-refractivity contribution is -0.384. The first kappa shape index (κ1) is 15.5. The van der Waals surface area contributed by atoms with E-state index in [-0.39, 0.29) is 10.6 Å². The summed E-state index contributed by atoms with van der Waals surface area (Å²) < 4.78 is 0. The predicted molar refractivity (Wildman–Crippen MR) is 92.2 cm³/mol. The van der Waals surface area contributed by atoms with Crippen LogP contribution in [0.4, 0.5) is 11.4 Å². The number of nitrogens with zero attached hydrogens (tertiary/aromatic N) is 1. The minimum Gasteiger partial charge on any atom is -0.399 e. The van der Waals surface area contributed by atoms with Crippen LogP contribution >= 0.6 is 0 Å². The van der Waals surface area contributed by atoms with Gasteiger partial charge < -0.3 is 5.73 Å². The number of nitro groups is 1. The average Bonchev–Trinajstić information content (AvgIpc) is 2.48. The molecule has 0 radical (unpaired) electrons. The molecule has 1 atom stereocenters. The van der Waals surface area contributed by atoms with Crippen molar-refractivity contribution < 1.29 is 4.92 Å². The molecule has 1 fully saturated rings. The second kappa shape index (κ2) is 6.82. The molecule has 120 valence electrons. The van der Waals surface area contributed by atoms with Gasteiger partial charge in [0.25, 0.3) is 5.69 Å². The number of hydrogen-bond acceptors (Lipinski definition) is 3. The van der Waals surface area contributed by atoms with E-state index in [4.69, 9.17) is 5.73 Å². The lowest BCUT2D eigenvalue weighted by Crippen LogP contribution is -2.25. The van der Waals surface area contributed by atoms with Crippen molar-refractivity contribution in [3.05, 3.63) is 69.8 Å². The Morgan fingerprint density at radius 1 is 1.00 bits per heavy atom. The summed E-state index contributed by atoms with van der Waals surface area (Å²) in [6, 6.07) is 15.1. The van der Waals surface area contributed by atoms with Crippen molar-refractivity contribution in [1.82, 2.24) is 0 Å². The van der Waals surface area contributed by atoms with Gasteiger partial charge in [0.1, 0.15) is 0 Å². The fraction of sp³-hybridized carbons (Fsp3) is 0.368. The molecule has 4 nitrogen and oxygen atoms in total. The molecule has 0 spiro atoms. The second-order valence-corrected chi connectivity index (χ2v) is 6.52. The number of nitrogen functional groups attached to an aromatic ring is 1. The third kappa shape index (κ3) is 3.89. The molecule has 23 heavy (non-hydrogen) atoms. The first-order valence-corrected chi connectivity index (χ1v) is 8.19. The maximum atomic E-state index is 10.8. The summed E-state index contributed by atoms with van der Waals surface area (Å²) in [6.07, 6.45) is 5.94. The van der Waals surface area contributed by atoms with Gasteiger partial charge in [-0.05, 0) is 47.9 Å². The van der Waals surface area contributed by atoms with Crippen molar-refractivity contribution in [1.29, 1.82) is 0 Å². The van der Waals surface area contributed by atoms with Gasteiger partial charge in [-0.1, -0.05) is 43.5 Å². The van der Waals surface area contributed by atoms with Gasteiger partial charge in [0.05, 0.1) is 4.92 Å². The predicted octanol–water partition coefficient (Wildman–Crippen LogP) is 4.38. The van der Waals surface area contributed by atoms with Gasteiger partial charge in [-0.2, -0.15) is 0 Å². The normalized spacial score (nSPS) is 15.8. The van der Waals surface area contributed by atoms with Crippen molar-refractivity contribution >= 4 is 11.4 Å². The molecule has 3 rings (SSSR count). The van der Waals surface area contributed by atoms with Crippen molar-refractivity contribution in [2.24, 2.45) is 11.8 Å². The summed E-state index contributed by atoms with van der Waals surface area (Å²) in [5.41, 5.74) is 9.22. The van der Waals surface area contributed by atoms with E-state index < -0.39 is 0 Å². The number of non-ortho nitro benzene ring substituents is 1. The van der Waals surface area contributed by atoms with E-state index in [2.05, 4.69) is 12.1 Å². The van der Waals surface area contributed by atoms with Gasteiger partial charge in [-0.3, -0.25) is 10.1 Å².